The van der Waals surface area contributed by atoms with Gasteiger partial charge in [0.25, 0.3) is 0 Å². The van der Waals surface area contributed by atoms with Crippen LogP contribution in [-0.2, 0) is 13.0 Å². The maximum absolute atomic E-state index is 5.94. The zero-order valence-corrected chi connectivity index (χ0v) is 10.8. The summed E-state index contributed by atoms with van der Waals surface area (Å²) in [6.07, 6.45) is 0.832. The third-order valence-electron chi connectivity index (χ3n) is 2.62. The van der Waals surface area contributed by atoms with Gasteiger partial charge in [-0.2, -0.15) is 16.9 Å². The van der Waals surface area contributed by atoms with E-state index in [1.54, 1.807) is 0 Å². The molecule has 1 aromatic heterocycles. The van der Waals surface area contributed by atoms with Crippen molar-refractivity contribution in [1.29, 1.82) is 0 Å². The molecule has 0 radical (unpaired) electrons. The highest BCUT2D eigenvalue weighted by molar-refractivity contribution is 7.99. The van der Waals surface area contributed by atoms with E-state index in [2.05, 4.69) is 25.1 Å². The molecular weight excluding hydrogens is 236 g/mol. The highest BCUT2D eigenvalue weighted by Crippen LogP contribution is 2.08. The van der Waals surface area contributed by atoms with Crippen molar-refractivity contribution in [1.82, 2.24) is 20.1 Å². The molecule has 1 fully saturated rings. The molecule has 0 aliphatic carbocycles. The molecule has 1 aromatic rings. The number of nitrogens with zero attached hydrogens (tertiary/aromatic N) is 4. The molecule has 17 heavy (non-hydrogen) atoms. The number of nitrogens with two attached hydrogens (primary N) is 1. The average molecular weight is 254 g/mol. The van der Waals surface area contributed by atoms with E-state index < -0.39 is 0 Å². The Morgan fingerprint density at radius 2 is 2.29 bits per heavy atom. The molecule has 2 rings (SSSR count). The number of hydrogen-bond acceptors (Lipinski definition) is 4. The van der Waals surface area contributed by atoms with Crippen LogP contribution in [0.1, 0.15) is 18.6 Å². The summed E-state index contributed by atoms with van der Waals surface area (Å²) in [5.41, 5.74) is 5.94. The average Bonchev–Trinajstić information content (AvgIpc) is 2.85. The Hall–Kier alpha value is -1.24. The van der Waals surface area contributed by atoms with Gasteiger partial charge in [0.1, 0.15) is 12.4 Å². The summed E-state index contributed by atoms with van der Waals surface area (Å²) in [5.74, 6) is 4.45. The molecule has 0 atom stereocenters. The molecule has 7 heteroatoms. The molecule has 0 spiro atoms. The summed E-state index contributed by atoms with van der Waals surface area (Å²) >= 11 is 1.96. The van der Waals surface area contributed by atoms with Gasteiger partial charge in [-0.05, 0) is 0 Å². The second kappa shape index (κ2) is 5.90. The van der Waals surface area contributed by atoms with Gasteiger partial charge in [-0.15, -0.1) is 0 Å². The number of rotatable bonds is 3. The van der Waals surface area contributed by atoms with Gasteiger partial charge in [0.2, 0.25) is 0 Å². The number of aryl methyl sites for hydroxylation is 1. The van der Waals surface area contributed by atoms with Crippen LogP contribution in [0.15, 0.2) is 4.99 Å². The Morgan fingerprint density at radius 3 is 2.94 bits per heavy atom. The van der Waals surface area contributed by atoms with Crippen molar-refractivity contribution in [3.8, 4) is 0 Å². The molecule has 94 valence electrons. The van der Waals surface area contributed by atoms with Gasteiger partial charge in [0.15, 0.2) is 11.8 Å². The number of aliphatic imine (C=N–C) groups is 1. The lowest BCUT2D eigenvalue weighted by molar-refractivity contribution is 0.455. The molecule has 1 saturated heterocycles. The standard InChI is InChI=1S/C10H18N6S/c1-2-8-13-9(15-14-8)7-12-10(11)16-3-5-17-6-4-16/h2-7H2,1H3,(H2,11,12)(H,13,14,15). The van der Waals surface area contributed by atoms with Crippen LogP contribution in [0.3, 0.4) is 0 Å². The minimum Gasteiger partial charge on any atom is -0.370 e. The zero-order chi connectivity index (χ0) is 12.1. The van der Waals surface area contributed by atoms with E-state index in [1.165, 1.54) is 0 Å². The Bertz CT molecular complexity index is 382. The summed E-state index contributed by atoms with van der Waals surface area (Å²) in [6, 6.07) is 0. The van der Waals surface area contributed by atoms with Crippen molar-refractivity contribution >= 4 is 17.7 Å². The molecule has 0 bridgehead atoms. The molecule has 1 aliphatic heterocycles. The van der Waals surface area contributed by atoms with Crippen LogP contribution in [-0.4, -0.2) is 50.6 Å². The molecule has 2 heterocycles. The van der Waals surface area contributed by atoms with Gasteiger partial charge >= 0.3 is 0 Å². The van der Waals surface area contributed by atoms with Crippen LogP contribution in [0.5, 0.6) is 0 Å². The van der Waals surface area contributed by atoms with Crippen molar-refractivity contribution in [2.75, 3.05) is 24.6 Å². The lowest BCUT2D eigenvalue weighted by Gasteiger charge is -2.27. The highest BCUT2D eigenvalue weighted by Gasteiger charge is 2.12. The lowest BCUT2D eigenvalue weighted by atomic mass is 10.5. The van der Waals surface area contributed by atoms with Gasteiger partial charge in [0.05, 0.1) is 0 Å². The van der Waals surface area contributed by atoms with Crippen LogP contribution >= 0.6 is 11.8 Å². The third-order valence-corrected chi connectivity index (χ3v) is 3.56. The van der Waals surface area contributed by atoms with Gasteiger partial charge in [0, 0.05) is 31.0 Å². The van der Waals surface area contributed by atoms with Crippen molar-refractivity contribution in [2.45, 2.75) is 19.9 Å². The fraction of sp³-hybridized carbons (Fsp3) is 0.700. The second-order valence-corrected chi connectivity index (χ2v) is 5.05. The maximum atomic E-state index is 5.94. The predicted molar refractivity (Wildman–Crippen MR) is 70.0 cm³/mol. The monoisotopic (exact) mass is 254 g/mol. The van der Waals surface area contributed by atoms with Crippen molar-refractivity contribution in [3.63, 3.8) is 0 Å². The third kappa shape index (κ3) is 3.36. The lowest BCUT2D eigenvalue weighted by Crippen LogP contribution is -2.42. The van der Waals surface area contributed by atoms with Gasteiger partial charge in [-0.1, -0.05) is 6.92 Å². The van der Waals surface area contributed by atoms with E-state index in [4.69, 9.17) is 5.73 Å². The normalized spacial score (nSPS) is 17.5. The van der Waals surface area contributed by atoms with E-state index in [1.807, 2.05) is 18.7 Å². The number of H-pyrrole nitrogens is 1. The Kier molecular flexibility index (Phi) is 4.24. The van der Waals surface area contributed by atoms with Crippen LogP contribution < -0.4 is 5.73 Å². The van der Waals surface area contributed by atoms with Gasteiger partial charge < -0.3 is 10.6 Å². The minimum absolute atomic E-state index is 0.475. The number of guanidine groups is 1. The van der Waals surface area contributed by atoms with Crippen molar-refractivity contribution in [2.24, 2.45) is 10.7 Å². The largest absolute Gasteiger partial charge is 0.370 e. The smallest absolute Gasteiger partial charge is 0.191 e. The van der Waals surface area contributed by atoms with Gasteiger partial charge in [-0.3, -0.25) is 5.10 Å². The molecular formula is C10H18N6S. The van der Waals surface area contributed by atoms with Crippen LogP contribution in [0.2, 0.25) is 0 Å². The number of aromatic nitrogens is 3. The first kappa shape index (κ1) is 12.2. The maximum Gasteiger partial charge on any atom is 0.191 e. The number of aromatic amines is 1. The van der Waals surface area contributed by atoms with Crippen molar-refractivity contribution < 1.29 is 0 Å². The van der Waals surface area contributed by atoms with E-state index in [0.717, 1.165) is 42.7 Å². The van der Waals surface area contributed by atoms with Crippen molar-refractivity contribution in [3.05, 3.63) is 11.6 Å². The Balaban J connectivity index is 1.90. The second-order valence-electron chi connectivity index (χ2n) is 3.83. The SMILES string of the molecule is CCc1n[nH]c(CN=C(N)N2CCSCC2)n1. The summed E-state index contributed by atoms with van der Waals surface area (Å²) in [5, 5.41) is 6.93. The molecule has 0 aromatic carbocycles. The fourth-order valence-electron chi connectivity index (χ4n) is 1.61. The Morgan fingerprint density at radius 1 is 1.53 bits per heavy atom. The number of hydrogen-bond donors (Lipinski definition) is 2. The summed E-state index contributed by atoms with van der Waals surface area (Å²) < 4.78 is 0. The summed E-state index contributed by atoms with van der Waals surface area (Å²) in [4.78, 5) is 10.8. The summed E-state index contributed by atoms with van der Waals surface area (Å²) in [6.45, 7) is 4.46. The van der Waals surface area contributed by atoms with E-state index in [-0.39, 0.29) is 0 Å². The predicted octanol–water partition coefficient (Wildman–Crippen LogP) is 0.231. The quantitative estimate of drug-likeness (QED) is 0.596. The first-order valence-corrected chi connectivity index (χ1v) is 6.98. The zero-order valence-electron chi connectivity index (χ0n) is 10.0. The highest BCUT2D eigenvalue weighted by atomic mass is 32.2. The van der Waals surface area contributed by atoms with E-state index in [9.17, 15) is 0 Å². The van der Waals surface area contributed by atoms with E-state index >= 15 is 0 Å². The molecule has 0 amide bonds. The Labute approximate surface area is 105 Å². The van der Waals surface area contributed by atoms with Gasteiger partial charge in [-0.25, -0.2) is 9.98 Å². The number of nitrogens with one attached hydrogen (secondary N) is 1. The molecule has 6 nitrogen and oxygen atoms in total. The fourth-order valence-corrected chi connectivity index (χ4v) is 2.52. The van der Waals surface area contributed by atoms with Crippen LogP contribution in [0, 0.1) is 0 Å². The summed E-state index contributed by atoms with van der Waals surface area (Å²) in [7, 11) is 0. The first-order valence-electron chi connectivity index (χ1n) is 5.82. The molecule has 0 saturated carbocycles. The molecule has 0 unspecified atom stereocenters. The van der Waals surface area contributed by atoms with Crippen LogP contribution in [0.4, 0.5) is 0 Å². The number of thioether (sulfide) groups is 1. The molecule has 1 aliphatic rings. The minimum atomic E-state index is 0.475. The van der Waals surface area contributed by atoms with E-state index in [0.29, 0.717) is 12.5 Å². The first-order chi connectivity index (χ1) is 8.29. The molecule has 3 N–H and O–H groups in total. The van der Waals surface area contributed by atoms with Crippen LogP contribution in [0.25, 0.3) is 0 Å². The topological polar surface area (TPSA) is 83.2 Å².